The van der Waals surface area contributed by atoms with Crippen LogP contribution >= 0.6 is 11.8 Å². The highest BCUT2D eigenvalue weighted by Gasteiger charge is 2.24. The number of carbonyl (C=O) groups excluding carboxylic acids is 2. The number of hydrogen-bond donors (Lipinski definition) is 1. The van der Waals surface area contributed by atoms with Crippen LogP contribution in [0.1, 0.15) is 16.4 Å². The molecule has 3 rings (SSSR count). The van der Waals surface area contributed by atoms with Crippen LogP contribution in [0, 0.1) is 11.3 Å². The summed E-state index contributed by atoms with van der Waals surface area (Å²) in [4.78, 5) is 25.9. The molecule has 1 N–H and O–H groups in total. The second-order valence-electron chi connectivity index (χ2n) is 6.41. The van der Waals surface area contributed by atoms with Gasteiger partial charge in [-0.15, -0.1) is 11.8 Å². The molecule has 6 heteroatoms. The van der Waals surface area contributed by atoms with Gasteiger partial charge in [0, 0.05) is 10.6 Å². The van der Waals surface area contributed by atoms with Crippen molar-refractivity contribution in [1.29, 1.82) is 5.26 Å². The molecule has 0 fully saturated rings. The highest BCUT2D eigenvalue weighted by atomic mass is 32.2. The van der Waals surface area contributed by atoms with Gasteiger partial charge in [-0.25, -0.2) is 0 Å². The van der Waals surface area contributed by atoms with Crippen molar-refractivity contribution >= 4 is 29.3 Å². The largest absolute Gasteiger partial charge is 0.454 e. The highest BCUT2D eigenvalue weighted by Crippen LogP contribution is 2.36. The molecule has 0 saturated heterocycles. The quantitative estimate of drug-likeness (QED) is 0.423. The van der Waals surface area contributed by atoms with Crippen LogP contribution in [-0.2, 0) is 20.7 Å². The van der Waals surface area contributed by atoms with Gasteiger partial charge in [0.1, 0.15) is 5.25 Å². The molecule has 150 valence electrons. The SMILES string of the molecule is N#CCc1ccc(NC(=O)COC(=O)[C@H](Sc2ccccc2)c2ccccc2)cc1. The van der Waals surface area contributed by atoms with E-state index in [2.05, 4.69) is 11.4 Å². The molecule has 0 saturated carbocycles. The van der Waals surface area contributed by atoms with Gasteiger partial charge < -0.3 is 10.1 Å². The maximum absolute atomic E-state index is 12.8. The van der Waals surface area contributed by atoms with E-state index in [0.29, 0.717) is 12.1 Å². The van der Waals surface area contributed by atoms with E-state index in [1.54, 1.807) is 24.3 Å². The zero-order valence-corrected chi connectivity index (χ0v) is 17.0. The van der Waals surface area contributed by atoms with Crippen molar-refractivity contribution < 1.29 is 14.3 Å². The predicted octanol–water partition coefficient (Wildman–Crippen LogP) is 4.77. The molecule has 5 nitrogen and oxygen atoms in total. The summed E-state index contributed by atoms with van der Waals surface area (Å²) in [7, 11) is 0. The number of thioether (sulfide) groups is 1. The van der Waals surface area contributed by atoms with Crippen molar-refractivity contribution in [2.24, 2.45) is 0 Å². The second kappa shape index (κ2) is 10.8. The third-order valence-electron chi connectivity index (χ3n) is 4.18. The first-order chi connectivity index (χ1) is 14.7. The Hall–Kier alpha value is -3.56. The Bertz CT molecular complexity index is 1020. The molecule has 0 radical (unpaired) electrons. The number of carbonyl (C=O) groups is 2. The van der Waals surface area contributed by atoms with Gasteiger partial charge in [-0.3, -0.25) is 9.59 Å². The van der Waals surface area contributed by atoms with Crippen molar-refractivity contribution in [2.75, 3.05) is 11.9 Å². The molecule has 1 amide bonds. The lowest BCUT2D eigenvalue weighted by Gasteiger charge is -2.16. The van der Waals surface area contributed by atoms with Gasteiger partial charge in [-0.05, 0) is 35.4 Å². The average Bonchev–Trinajstić information content (AvgIpc) is 2.79. The Morgan fingerprint density at radius 2 is 1.57 bits per heavy atom. The molecule has 1 atom stereocenters. The molecule has 0 bridgehead atoms. The third kappa shape index (κ3) is 6.23. The van der Waals surface area contributed by atoms with Crippen LogP contribution in [0.3, 0.4) is 0 Å². The summed E-state index contributed by atoms with van der Waals surface area (Å²) in [5.74, 6) is -0.900. The zero-order chi connectivity index (χ0) is 21.2. The molecule has 30 heavy (non-hydrogen) atoms. The van der Waals surface area contributed by atoms with Crippen molar-refractivity contribution in [3.8, 4) is 6.07 Å². The number of benzene rings is 3. The Labute approximate surface area is 179 Å². The van der Waals surface area contributed by atoms with Crippen LogP contribution in [0.5, 0.6) is 0 Å². The van der Waals surface area contributed by atoms with Gasteiger partial charge in [0.25, 0.3) is 5.91 Å². The van der Waals surface area contributed by atoms with E-state index >= 15 is 0 Å². The standard InChI is InChI=1S/C24H20N2O3S/c25-16-15-18-11-13-20(14-12-18)26-22(27)17-29-24(28)23(19-7-3-1-4-8-19)30-21-9-5-2-6-10-21/h1-14,23H,15,17H2,(H,26,27)/t23-/m1/s1. The first-order valence-electron chi connectivity index (χ1n) is 9.35. The molecule has 0 aromatic heterocycles. The van der Waals surface area contributed by atoms with Gasteiger partial charge in [-0.2, -0.15) is 5.26 Å². The number of nitrogens with one attached hydrogen (secondary N) is 1. The maximum atomic E-state index is 12.8. The average molecular weight is 417 g/mol. The van der Waals surface area contributed by atoms with Crippen molar-refractivity contribution in [3.63, 3.8) is 0 Å². The molecular formula is C24H20N2O3S. The van der Waals surface area contributed by atoms with E-state index < -0.39 is 17.1 Å². The minimum absolute atomic E-state index is 0.311. The first-order valence-corrected chi connectivity index (χ1v) is 10.2. The van der Waals surface area contributed by atoms with Gasteiger partial charge in [0.2, 0.25) is 0 Å². The van der Waals surface area contributed by atoms with E-state index in [1.807, 2.05) is 60.7 Å². The normalized spacial score (nSPS) is 11.2. The van der Waals surface area contributed by atoms with Crippen molar-refractivity contribution in [2.45, 2.75) is 16.6 Å². The van der Waals surface area contributed by atoms with E-state index in [0.717, 1.165) is 16.0 Å². The molecule has 0 heterocycles. The van der Waals surface area contributed by atoms with E-state index in [-0.39, 0.29) is 6.61 Å². The first kappa shape index (κ1) is 21.2. The summed E-state index contributed by atoms with van der Waals surface area (Å²) in [5.41, 5.74) is 2.26. The summed E-state index contributed by atoms with van der Waals surface area (Å²) in [6.45, 7) is -0.378. The Kier molecular flexibility index (Phi) is 7.64. The minimum Gasteiger partial charge on any atom is -0.454 e. The fourth-order valence-electron chi connectivity index (χ4n) is 2.72. The van der Waals surface area contributed by atoms with Crippen LogP contribution in [0.4, 0.5) is 5.69 Å². The number of nitrogens with zero attached hydrogens (tertiary/aromatic N) is 1. The fraction of sp³-hybridized carbons (Fsp3) is 0.125. The van der Waals surface area contributed by atoms with Crippen LogP contribution in [0.2, 0.25) is 0 Å². The lowest BCUT2D eigenvalue weighted by Crippen LogP contribution is -2.23. The number of nitriles is 1. The number of esters is 1. The second-order valence-corrected chi connectivity index (χ2v) is 7.59. The van der Waals surface area contributed by atoms with E-state index in [9.17, 15) is 9.59 Å². The molecule has 0 aliphatic carbocycles. The number of rotatable bonds is 8. The minimum atomic E-state index is -0.577. The molecule has 3 aromatic rings. The predicted molar refractivity (Wildman–Crippen MR) is 117 cm³/mol. The number of ether oxygens (including phenoxy) is 1. The monoisotopic (exact) mass is 416 g/mol. The Morgan fingerprint density at radius 1 is 0.933 bits per heavy atom. The number of anilines is 1. The third-order valence-corrected chi connectivity index (χ3v) is 5.42. The molecule has 3 aromatic carbocycles. The fourth-order valence-corrected chi connectivity index (χ4v) is 3.77. The summed E-state index contributed by atoms with van der Waals surface area (Å²) in [6.07, 6.45) is 0.311. The van der Waals surface area contributed by atoms with E-state index in [4.69, 9.17) is 10.00 Å². The lowest BCUT2D eigenvalue weighted by molar-refractivity contribution is -0.146. The topological polar surface area (TPSA) is 79.2 Å². The van der Waals surface area contributed by atoms with Crippen LogP contribution in [0.25, 0.3) is 0 Å². The van der Waals surface area contributed by atoms with Crippen LogP contribution in [0.15, 0.2) is 89.8 Å². The van der Waals surface area contributed by atoms with Gasteiger partial charge >= 0.3 is 5.97 Å². The Balaban J connectivity index is 1.61. The van der Waals surface area contributed by atoms with E-state index in [1.165, 1.54) is 11.8 Å². The number of hydrogen-bond acceptors (Lipinski definition) is 5. The van der Waals surface area contributed by atoms with Gasteiger partial charge in [0.05, 0.1) is 12.5 Å². The molecule has 0 unspecified atom stereocenters. The molecule has 0 aliphatic rings. The summed E-state index contributed by atoms with van der Waals surface area (Å²) >= 11 is 1.38. The summed E-state index contributed by atoms with van der Waals surface area (Å²) in [6, 6.07) is 28.0. The highest BCUT2D eigenvalue weighted by molar-refractivity contribution is 8.00. The number of amides is 1. The molecule has 0 aliphatic heterocycles. The van der Waals surface area contributed by atoms with Crippen molar-refractivity contribution in [3.05, 3.63) is 96.1 Å². The maximum Gasteiger partial charge on any atom is 0.324 e. The molecule has 0 spiro atoms. The van der Waals surface area contributed by atoms with Gasteiger partial charge in [0.15, 0.2) is 6.61 Å². The summed E-state index contributed by atoms with van der Waals surface area (Å²) in [5, 5.41) is 10.8. The molecular weight excluding hydrogens is 396 g/mol. The van der Waals surface area contributed by atoms with Crippen molar-refractivity contribution in [1.82, 2.24) is 0 Å². The summed E-state index contributed by atoms with van der Waals surface area (Å²) < 4.78 is 5.31. The Morgan fingerprint density at radius 3 is 2.20 bits per heavy atom. The smallest absolute Gasteiger partial charge is 0.324 e. The lowest BCUT2D eigenvalue weighted by atomic mass is 10.1. The van der Waals surface area contributed by atoms with Crippen LogP contribution in [-0.4, -0.2) is 18.5 Å². The van der Waals surface area contributed by atoms with Gasteiger partial charge in [-0.1, -0.05) is 60.7 Å². The van der Waals surface area contributed by atoms with Crippen LogP contribution < -0.4 is 5.32 Å². The zero-order valence-electron chi connectivity index (χ0n) is 16.2.